The maximum absolute atomic E-state index is 3.86. The predicted octanol–water partition coefficient (Wildman–Crippen LogP) is 6.86. The van der Waals surface area contributed by atoms with Crippen LogP contribution >= 0.6 is 0 Å². The summed E-state index contributed by atoms with van der Waals surface area (Å²) < 4.78 is 0. The maximum atomic E-state index is 3.86. The van der Waals surface area contributed by atoms with Gasteiger partial charge in [0.2, 0.25) is 0 Å². The molecule has 0 aliphatic carbocycles. The molecule has 0 fully saturated rings. The van der Waals surface area contributed by atoms with Gasteiger partial charge in [-0.2, -0.15) is 0 Å². The summed E-state index contributed by atoms with van der Waals surface area (Å²) in [6.07, 6.45) is 8.50. The molecule has 0 atom stereocenters. The second kappa shape index (κ2) is 7.97. The third kappa shape index (κ3) is 3.64. The summed E-state index contributed by atoms with van der Waals surface area (Å²) in [4.78, 5) is 0. The summed E-state index contributed by atoms with van der Waals surface area (Å²) in [5.41, 5.74) is 5.29. The fraction of sp³-hybridized carbons (Fsp3) is 0.304. The van der Waals surface area contributed by atoms with E-state index in [1.807, 2.05) is 12.2 Å². The van der Waals surface area contributed by atoms with Gasteiger partial charge >= 0.3 is 0 Å². The smallest absolute Gasteiger partial charge is 0.0202 e. The SMILES string of the molecule is C=Cc1ccc(C(CCC)(CCC)c2ccc(C=C)cc2)cc1. The van der Waals surface area contributed by atoms with Crippen LogP contribution in [0.2, 0.25) is 0 Å². The summed E-state index contributed by atoms with van der Waals surface area (Å²) in [5.74, 6) is 0. The van der Waals surface area contributed by atoms with Crippen LogP contribution in [-0.4, -0.2) is 0 Å². The molecule has 0 unspecified atom stereocenters. The van der Waals surface area contributed by atoms with Gasteiger partial charge in [0.05, 0.1) is 0 Å². The van der Waals surface area contributed by atoms with E-state index in [9.17, 15) is 0 Å². The highest BCUT2D eigenvalue weighted by molar-refractivity contribution is 5.52. The Labute approximate surface area is 141 Å². The molecular formula is C23H28. The van der Waals surface area contributed by atoms with Crippen LogP contribution in [0.3, 0.4) is 0 Å². The van der Waals surface area contributed by atoms with Crippen LogP contribution in [0.4, 0.5) is 0 Å². The quantitative estimate of drug-likeness (QED) is 0.499. The number of benzene rings is 2. The Kier molecular flexibility index (Phi) is 5.98. The molecule has 2 aromatic carbocycles. The van der Waals surface area contributed by atoms with Crippen molar-refractivity contribution < 1.29 is 0 Å². The zero-order valence-electron chi connectivity index (χ0n) is 14.5. The minimum absolute atomic E-state index is 0.100. The van der Waals surface area contributed by atoms with E-state index in [-0.39, 0.29) is 5.41 Å². The molecule has 120 valence electrons. The summed E-state index contributed by atoms with van der Waals surface area (Å²) >= 11 is 0. The fourth-order valence-corrected chi connectivity index (χ4v) is 3.60. The van der Waals surface area contributed by atoms with Crippen LogP contribution < -0.4 is 0 Å². The Morgan fingerprint density at radius 1 is 0.696 bits per heavy atom. The van der Waals surface area contributed by atoms with Crippen molar-refractivity contribution in [2.45, 2.75) is 44.9 Å². The van der Waals surface area contributed by atoms with Crippen LogP contribution in [0, 0.1) is 0 Å². The van der Waals surface area contributed by atoms with E-state index in [0.717, 1.165) is 0 Å². The Balaban J connectivity index is 2.55. The first kappa shape index (κ1) is 17.3. The molecule has 0 aromatic heterocycles. The van der Waals surface area contributed by atoms with Gasteiger partial charge in [-0.05, 0) is 35.1 Å². The van der Waals surface area contributed by atoms with Gasteiger partial charge in [-0.25, -0.2) is 0 Å². The van der Waals surface area contributed by atoms with Crippen LogP contribution in [0.15, 0.2) is 61.7 Å². The van der Waals surface area contributed by atoms with Crippen molar-refractivity contribution >= 4 is 12.2 Å². The van der Waals surface area contributed by atoms with Gasteiger partial charge < -0.3 is 0 Å². The lowest BCUT2D eigenvalue weighted by molar-refractivity contribution is 0.426. The molecule has 0 heteroatoms. The minimum atomic E-state index is 0.100. The molecule has 0 amide bonds. The molecule has 0 heterocycles. The monoisotopic (exact) mass is 304 g/mol. The lowest BCUT2D eigenvalue weighted by atomic mass is 9.68. The van der Waals surface area contributed by atoms with E-state index < -0.39 is 0 Å². The Morgan fingerprint density at radius 2 is 1.04 bits per heavy atom. The van der Waals surface area contributed by atoms with Crippen molar-refractivity contribution in [3.8, 4) is 0 Å². The van der Waals surface area contributed by atoms with Crippen molar-refractivity contribution in [2.24, 2.45) is 0 Å². The van der Waals surface area contributed by atoms with Gasteiger partial charge in [0.15, 0.2) is 0 Å². The van der Waals surface area contributed by atoms with Crippen LogP contribution in [0.5, 0.6) is 0 Å². The highest BCUT2D eigenvalue weighted by Crippen LogP contribution is 2.41. The first-order valence-corrected chi connectivity index (χ1v) is 8.66. The van der Waals surface area contributed by atoms with Crippen LogP contribution in [-0.2, 0) is 5.41 Å². The molecule has 0 saturated heterocycles. The van der Waals surface area contributed by atoms with E-state index in [0.29, 0.717) is 0 Å². The van der Waals surface area contributed by atoms with Gasteiger partial charge in [0.1, 0.15) is 0 Å². The van der Waals surface area contributed by atoms with Crippen LogP contribution in [0.25, 0.3) is 12.2 Å². The van der Waals surface area contributed by atoms with Gasteiger partial charge in [-0.15, -0.1) is 0 Å². The minimum Gasteiger partial charge on any atom is -0.0985 e. The molecule has 23 heavy (non-hydrogen) atoms. The third-order valence-electron chi connectivity index (χ3n) is 4.75. The predicted molar refractivity (Wildman–Crippen MR) is 104 cm³/mol. The van der Waals surface area contributed by atoms with Crippen molar-refractivity contribution in [1.82, 2.24) is 0 Å². The summed E-state index contributed by atoms with van der Waals surface area (Å²) in [7, 11) is 0. The summed E-state index contributed by atoms with van der Waals surface area (Å²) in [6.45, 7) is 12.3. The average Bonchev–Trinajstić information content (AvgIpc) is 2.61. The third-order valence-corrected chi connectivity index (χ3v) is 4.75. The second-order valence-electron chi connectivity index (χ2n) is 6.23. The molecule has 0 bridgehead atoms. The van der Waals surface area contributed by atoms with Crippen LogP contribution in [0.1, 0.15) is 61.8 Å². The molecule has 2 aromatic rings. The highest BCUT2D eigenvalue weighted by atomic mass is 14.4. The molecule has 0 saturated carbocycles. The zero-order chi connectivity index (χ0) is 16.7. The van der Waals surface area contributed by atoms with E-state index >= 15 is 0 Å². The van der Waals surface area contributed by atoms with E-state index in [1.165, 1.54) is 47.9 Å². The van der Waals surface area contributed by atoms with Gasteiger partial charge in [-0.3, -0.25) is 0 Å². The lowest BCUT2D eigenvalue weighted by Gasteiger charge is -2.35. The molecular weight excluding hydrogens is 276 g/mol. The lowest BCUT2D eigenvalue weighted by Crippen LogP contribution is -2.27. The van der Waals surface area contributed by atoms with Crippen molar-refractivity contribution in [3.05, 3.63) is 83.9 Å². The molecule has 0 nitrogen and oxygen atoms in total. The standard InChI is InChI=1S/C23H28/c1-5-17-23(18-6-2,21-13-9-19(7-3)10-14-21)22-15-11-20(8-4)12-16-22/h7-16H,3-6,17-18H2,1-2H3. The Hall–Kier alpha value is -2.08. The maximum Gasteiger partial charge on any atom is 0.0202 e. The molecule has 0 aliphatic heterocycles. The topological polar surface area (TPSA) is 0 Å². The van der Waals surface area contributed by atoms with Crippen molar-refractivity contribution in [1.29, 1.82) is 0 Å². The molecule has 0 spiro atoms. The molecule has 0 aliphatic rings. The van der Waals surface area contributed by atoms with Gasteiger partial charge in [0.25, 0.3) is 0 Å². The summed E-state index contributed by atoms with van der Waals surface area (Å²) in [6, 6.07) is 17.9. The number of hydrogen-bond donors (Lipinski definition) is 0. The molecule has 2 rings (SSSR count). The zero-order valence-corrected chi connectivity index (χ0v) is 14.5. The Morgan fingerprint density at radius 3 is 1.30 bits per heavy atom. The molecule has 0 radical (unpaired) electrons. The number of hydrogen-bond acceptors (Lipinski definition) is 0. The first-order chi connectivity index (χ1) is 11.2. The van der Waals surface area contributed by atoms with E-state index in [1.54, 1.807) is 0 Å². The molecule has 0 N–H and O–H groups in total. The largest absolute Gasteiger partial charge is 0.0985 e. The fourth-order valence-electron chi connectivity index (χ4n) is 3.60. The number of rotatable bonds is 8. The van der Waals surface area contributed by atoms with Crippen molar-refractivity contribution in [3.63, 3.8) is 0 Å². The van der Waals surface area contributed by atoms with Gasteiger partial charge in [-0.1, -0.05) is 101 Å². The second-order valence-corrected chi connectivity index (χ2v) is 6.23. The van der Waals surface area contributed by atoms with Gasteiger partial charge in [0, 0.05) is 5.41 Å². The van der Waals surface area contributed by atoms with E-state index in [2.05, 4.69) is 75.5 Å². The van der Waals surface area contributed by atoms with E-state index in [4.69, 9.17) is 0 Å². The normalized spacial score (nSPS) is 11.2. The first-order valence-electron chi connectivity index (χ1n) is 8.66. The Bertz CT molecular complexity index is 569. The summed E-state index contributed by atoms with van der Waals surface area (Å²) in [5, 5.41) is 0. The average molecular weight is 304 g/mol. The highest BCUT2D eigenvalue weighted by Gasteiger charge is 2.32. The van der Waals surface area contributed by atoms with Crippen molar-refractivity contribution in [2.75, 3.05) is 0 Å².